The fraction of sp³-hybridized carbons (Fsp3) is 0.562. The lowest BCUT2D eigenvalue weighted by Crippen LogP contribution is -2.40. The van der Waals surface area contributed by atoms with Crippen LogP contribution >= 0.6 is 0 Å². The van der Waals surface area contributed by atoms with Crippen molar-refractivity contribution in [3.8, 4) is 0 Å². The first-order valence-corrected chi connectivity index (χ1v) is 7.40. The van der Waals surface area contributed by atoms with E-state index in [1.807, 2.05) is 0 Å². The average Bonchev–Trinajstić information content (AvgIpc) is 2.74. The van der Waals surface area contributed by atoms with E-state index in [1.165, 1.54) is 24.0 Å². The van der Waals surface area contributed by atoms with Crippen molar-refractivity contribution in [1.29, 1.82) is 0 Å². The molecule has 1 unspecified atom stereocenters. The molecule has 3 rings (SSSR count). The van der Waals surface area contributed by atoms with Gasteiger partial charge < -0.3 is 15.5 Å². The number of rotatable bonds is 1. The van der Waals surface area contributed by atoms with Crippen LogP contribution < -0.4 is 10.6 Å². The van der Waals surface area contributed by atoms with Crippen molar-refractivity contribution in [1.82, 2.24) is 15.5 Å². The Morgan fingerprint density at radius 3 is 2.70 bits per heavy atom. The number of benzene rings is 1. The quantitative estimate of drug-likeness (QED) is 0.822. The van der Waals surface area contributed by atoms with Crippen LogP contribution in [0.5, 0.6) is 0 Å². The van der Waals surface area contributed by atoms with Crippen molar-refractivity contribution in [3.63, 3.8) is 0 Å². The zero-order chi connectivity index (χ0) is 14.2. The van der Waals surface area contributed by atoms with Crippen molar-refractivity contribution in [2.24, 2.45) is 0 Å². The number of carbonyl (C=O) groups is 1. The third kappa shape index (κ3) is 2.18. The summed E-state index contributed by atoms with van der Waals surface area (Å²) in [5.41, 5.74) is 3.02. The molecule has 1 saturated heterocycles. The molecule has 0 saturated carbocycles. The van der Waals surface area contributed by atoms with E-state index in [0.29, 0.717) is 0 Å². The average molecular weight is 273 g/mol. The molecule has 0 radical (unpaired) electrons. The third-order valence-electron chi connectivity index (χ3n) is 4.77. The fourth-order valence-corrected chi connectivity index (χ4v) is 3.68. The van der Waals surface area contributed by atoms with E-state index >= 15 is 0 Å². The summed E-state index contributed by atoms with van der Waals surface area (Å²) < 4.78 is 0. The van der Waals surface area contributed by atoms with Crippen molar-refractivity contribution in [3.05, 3.63) is 35.4 Å². The number of fused-ring (bicyclic) bond motifs is 2. The van der Waals surface area contributed by atoms with Gasteiger partial charge in [-0.3, -0.25) is 0 Å². The lowest BCUT2D eigenvalue weighted by molar-refractivity contribution is 0.209. The molecule has 1 fully saturated rings. The summed E-state index contributed by atoms with van der Waals surface area (Å²) in [5.74, 6) is 0. The molecule has 1 aliphatic heterocycles. The van der Waals surface area contributed by atoms with E-state index < -0.39 is 0 Å². The largest absolute Gasteiger partial charge is 0.331 e. The summed E-state index contributed by atoms with van der Waals surface area (Å²) in [6.45, 7) is 2.14. The Kier molecular flexibility index (Phi) is 3.42. The molecule has 2 aliphatic rings. The van der Waals surface area contributed by atoms with Gasteiger partial charge in [0.1, 0.15) is 0 Å². The van der Waals surface area contributed by atoms with E-state index in [-0.39, 0.29) is 17.5 Å². The monoisotopic (exact) mass is 273 g/mol. The van der Waals surface area contributed by atoms with Gasteiger partial charge in [-0.2, -0.15) is 0 Å². The number of nitrogens with one attached hydrogen (secondary N) is 2. The van der Waals surface area contributed by atoms with Gasteiger partial charge in [-0.15, -0.1) is 0 Å². The van der Waals surface area contributed by atoms with Crippen LogP contribution in [0.4, 0.5) is 4.79 Å². The second-order valence-electron chi connectivity index (χ2n) is 6.22. The summed E-state index contributed by atoms with van der Waals surface area (Å²) in [6, 6.07) is 8.77. The third-order valence-corrected chi connectivity index (χ3v) is 4.77. The van der Waals surface area contributed by atoms with Gasteiger partial charge in [0.2, 0.25) is 0 Å². The molecule has 1 atom stereocenters. The minimum atomic E-state index is -0.00390. The minimum absolute atomic E-state index is 0.00390. The van der Waals surface area contributed by atoms with Gasteiger partial charge in [0.25, 0.3) is 0 Å². The second kappa shape index (κ2) is 5.09. The molecule has 1 aromatic carbocycles. The highest BCUT2D eigenvalue weighted by atomic mass is 16.2. The highest BCUT2D eigenvalue weighted by Crippen LogP contribution is 2.49. The predicted octanol–water partition coefficient (Wildman–Crippen LogP) is 2.02. The highest BCUT2D eigenvalue weighted by molar-refractivity contribution is 5.74. The molecular weight excluding hydrogens is 250 g/mol. The highest BCUT2D eigenvalue weighted by Gasteiger charge is 2.44. The van der Waals surface area contributed by atoms with Crippen molar-refractivity contribution >= 4 is 6.03 Å². The molecule has 108 valence electrons. The Morgan fingerprint density at radius 2 is 2.00 bits per heavy atom. The van der Waals surface area contributed by atoms with E-state index in [4.69, 9.17) is 0 Å². The molecular formula is C16H23N3O. The maximum Gasteiger partial charge on any atom is 0.317 e. The van der Waals surface area contributed by atoms with Crippen LogP contribution in [0.3, 0.4) is 0 Å². The molecule has 0 aromatic heterocycles. The summed E-state index contributed by atoms with van der Waals surface area (Å²) in [7, 11) is 3.58. The number of nitrogens with zero attached hydrogens (tertiary/aromatic N) is 1. The van der Waals surface area contributed by atoms with Crippen LogP contribution in [0.25, 0.3) is 0 Å². The van der Waals surface area contributed by atoms with Gasteiger partial charge in [0.05, 0.1) is 6.04 Å². The first kappa shape index (κ1) is 13.4. The fourth-order valence-electron chi connectivity index (χ4n) is 3.68. The van der Waals surface area contributed by atoms with Crippen LogP contribution in [0.15, 0.2) is 24.3 Å². The van der Waals surface area contributed by atoms with Crippen LogP contribution in [-0.4, -0.2) is 38.1 Å². The van der Waals surface area contributed by atoms with E-state index in [0.717, 1.165) is 19.5 Å². The van der Waals surface area contributed by atoms with E-state index in [9.17, 15) is 4.79 Å². The zero-order valence-corrected chi connectivity index (χ0v) is 12.3. The summed E-state index contributed by atoms with van der Waals surface area (Å²) in [6.07, 6.45) is 3.37. The van der Waals surface area contributed by atoms with Gasteiger partial charge >= 0.3 is 6.03 Å². The maximum absolute atomic E-state index is 12.0. The number of hydrogen-bond donors (Lipinski definition) is 2. The predicted molar refractivity (Wildman–Crippen MR) is 79.8 cm³/mol. The summed E-state index contributed by atoms with van der Waals surface area (Å²) >= 11 is 0. The van der Waals surface area contributed by atoms with Gasteiger partial charge in [-0.05, 0) is 43.5 Å². The van der Waals surface area contributed by atoms with Crippen molar-refractivity contribution in [2.45, 2.75) is 30.7 Å². The molecule has 1 aromatic rings. The Bertz CT molecular complexity index is 506. The lowest BCUT2D eigenvalue weighted by Gasteiger charge is -2.35. The van der Waals surface area contributed by atoms with Crippen LogP contribution in [-0.2, 0) is 5.41 Å². The lowest BCUT2D eigenvalue weighted by atomic mass is 9.74. The van der Waals surface area contributed by atoms with E-state index in [1.54, 1.807) is 19.0 Å². The number of piperidine rings is 1. The summed E-state index contributed by atoms with van der Waals surface area (Å²) in [4.78, 5) is 13.6. The molecule has 20 heavy (non-hydrogen) atoms. The van der Waals surface area contributed by atoms with Gasteiger partial charge in [0.15, 0.2) is 0 Å². The van der Waals surface area contributed by atoms with Crippen LogP contribution in [0.2, 0.25) is 0 Å². The molecule has 1 spiro atoms. The standard InChI is InChI=1S/C16H23N3O/c1-19(2)15(20)18-14-11-16(7-9-17-10-8-16)13-6-4-3-5-12(13)14/h3-6,14,17H,7-11H2,1-2H3,(H,18,20). The normalized spacial score (nSPS) is 23.4. The first-order chi connectivity index (χ1) is 9.62. The van der Waals surface area contributed by atoms with Gasteiger partial charge in [0, 0.05) is 19.5 Å². The maximum atomic E-state index is 12.0. The summed E-state index contributed by atoms with van der Waals surface area (Å²) in [5, 5.41) is 6.62. The molecule has 4 heteroatoms. The zero-order valence-electron chi connectivity index (χ0n) is 12.3. The SMILES string of the molecule is CN(C)C(=O)NC1CC2(CCNCC2)c2ccccc21. The Labute approximate surface area is 120 Å². The molecule has 0 bridgehead atoms. The Morgan fingerprint density at radius 1 is 1.30 bits per heavy atom. The second-order valence-corrected chi connectivity index (χ2v) is 6.22. The number of amides is 2. The van der Waals surface area contributed by atoms with E-state index in [2.05, 4.69) is 34.9 Å². The first-order valence-electron chi connectivity index (χ1n) is 7.40. The minimum Gasteiger partial charge on any atom is -0.331 e. The molecule has 2 N–H and O–H groups in total. The Hall–Kier alpha value is -1.55. The van der Waals surface area contributed by atoms with Gasteiger partial charge in [-0.25, -0.2) is 4.79 Å². The number of hydrogen-bond acceptors (Lipinski definition) is 2. The smallest absolute Gasteiger partial charge is 0.317 e. The van der Waals surface area contributed by atoms with Gasteiger partial charge in [-0.1, -0.05) is 24.3 Å². The molecule has 2 amide bonds. The van der Waals surface area contributed by atoms with Crippen molar-refractivity contribution < 1.29 is 4.79 Å². The number of urea groups is 1. The molecule has 1 heterocycles. The van der Waals surface area contributed by atoms with Crippen molar-refractivity contribution in [2.75, 3.05) is 27.2 Å². The topological polar surface area (TPSA) is 44.4 Å². The Balaban J connectivity index is 1.90. The van der Waals surface area contributed by atoms with Crippen LogP contribution in [0, 0.1) is 0 Å². The number of carbonyl (C=O) groups excluding carboxylic acids is 1. The van der Waals surface area contributed by atoms with Crippen LogP contribution in [0.1, 0.15) is 36.4 Å². The molecule has 1 aliphatic carbocycles. The molecule has 4 nitrogen and oxygen atoms in total.